The Morgan fingerprint density at radius 1 is 1.08 bits per heavy atom. The van der Waals surface area contributed by atoms with E-state index in [9.17, 15) is 9.59 Å². The van der Waals surface area contributed by atoms with Crippen LogP contribution in [0.25, 0.3) is 0 Å². The lowest BCUT2D eigenvalue weighted by molar-refractivity contribution is -0.148. The van der Waals surface area contributed by atoms with Crippen molar-refractivity contribution in [3.05, 3.63) is 70.8 Å². The fraction of sp³-hybridized carbons (Fsp3) is 0.333. The van der Waals surface area contributed by atoms with E-state index < -0.39 is 5.97 Å². The number of nitrogens with one attached hydrogen (secondary N) is 1. The third-order valence-electron chi connectivity index (χ3n) is 4.23. The number of carbonyl (C=O) groups excluding carboxylic acids is 2. The van der Waals surface area contributed by atoms with Crippen LogP contribution in [0.2, 0.25) is 0 Å². The maximum atomic E-state index is 12.0. The van der Waals surface area contributed by atoms with Gasteiger partial charge >= 0.3 is 5.97 Å². The van der Waals surface area contributed by atoms with Crippen LogP contribution in [0.1, 0.15) is 42.1 Å². The molecule has 25 heavy (non-hydrogen) atoms. The zero-order chi connectivity index (χ0) is 18.2. The summed E-state index contributed by atoms with van der Waals surface area (Å²) >= 11 is 0. The second-order valence-electron chi connectivity index (χ2n) is 6.15. The lowest BCUT2D eigenvalue weighted by Gasteiger charge is -2.15. The number of rotatable bonds is 7. The Kier molecular flexibility index (Phi) is 6.75. The Bertz CT molecular complexity index is 722. The van der Waals surface area contributed by atoms with E-state index in [1.807, 2.05) is 50.2 Å². The lowest BCUT2D eigenvalue weighted by atomic mass is 10.1. The van der Waals surface area contributed by atoms with E-state index in [0.717, 1.165) is 23.1 Å². The molecule has 0 radical (unpaired) electrons. The molecule has 1 amide bonds. The number of hydrogen-bond donors (Lipinski definition) is 1. The molecule has 0 saturated carbocycles. The van der Waals surface area contributed by atoms with Crippen molar-refractivity contribution in [2.24, 2.45) is 0 Å². The van der Waals surface area contributed by atoms with Crippen LogP contribution in [-0.2, 0) is 27.2 Å². The highest BCUT2D eigenvalue weighted by Gasteiger charge is 2.13. The van der Waals surface area contributed by atoms with Crippen LogP contribution in [0.15, 0.2) is 48.5 Å². The predicted octanol–water partition coefficient (Wildman–Crippen LogP) is 3.52. The van der Waals surface area contributed by atoms with Crippen molar-refractivity contribution in [1.82, 2.24) is 5.32 Å². The van der Waals surface area contributed by atoms with E-state index in [-0.39, 0.29) is 25.0 Å². The van der Waals surface area contributed by atoms with Gasteiger partial charge in [0.15, 0.2) is 6.61 Å². The molecule has 1 atom stereocenters. The average Bonchev–Trinajstić information content (AvgIpc) is 2.62. The van der Waals surface area contributed by atoms with Crippen molar-refractivity contribution in [3.63, 3.8) is 0 Å². The molecule has 0 aromatic heterocycles. The van der Waals surface area contributed by atoms with E-state index >= 15 is 0 Å². The predicted molar refractivity (Wildman–Crippen MR) is 98.2 cm³/mol. The number of benzene rings is 2. The standard InChI is InChI=1S/C21H25NO3/c1-4-17-9-11-18(12-10-17)16(3)22-20(23)14-25-21(24)13-19-8-6-5-7-15(19)2/h5-12,16H,4,13-14H2,1-3H3,(H,22,23). The van der Waals surface area contributed by atoms with Gasteiger partial charge in [0.2, 0.25) is 0 Å². The number of esters is 1. The van der Waals surface area contributed by atoms with Gasteiger partial charge in [0.05, 0.1) is 12.5 Å². The van der Waals surface area contributed by atoms with Gasteiger partial charge in [-0.15, -0.1) is 0 Å². The first-order chi connectivity index (χ1) is 12.0. The lowest BCUT2D eigenvalue weighted by Crippen LogP contribution is -2.31. The summed E-state index contributed by atoms with van der Waals surface area (Å²) in [7, 11) is 0. The van der Waals surface area contributed by atoms with E-state index in [1.165, 1.54) is 5.56 Å². The Morgan fingerprint density at radius 3 is 2.40 bits per heavy atom. The molecule has 0 fully saturated rings. The summed E-state index contributed by atoms with van der Waals surface area (Å²) in [4.78, 5) is 23.9. The van der Waals surface area contributed by atoms with Gasteiger partial charge in [0, 0.05) is 0 Å². The Labute approximate surface area is 149 Å². The fourth-order valence-electron chi connectivity index (χ4n) is 2.57. The van der Waals surface area contributed by atoms with Gasteiger partial charge in [-0.3, -0.25) is 9.59 Å². The summed E-state index contributed by atoms with van der Waals surface area (Å²) in [6.07, 6.45) is 1.16. The summed E-state index contributed by atoms with van der Waals surface area (Å²) in [6, 6.07) is 15.6. The maximum absolute atomic E-state index is 12.0. The van der Waals surface area contributed by atoms with Crippen LogP contribution in [-0.4, -0.2) is 18.5 Å². The molecule has 2 rings (SSSR count). The second kappa shape index (κ2) is 9.02. The van der Waals surface area contributed by atoms with Gasteiger partial charge in [-0.2, -0.15) is 0 Å². The third kappa shape index (κ3) is 5.75. The van der Waals surface area contributed by atoms with Gasteiger partial charge in [-0.05, 0) is 42.5 Å². The largest absolute Gasteiger partial charge is 0.455 e. The van der Waals surface area contributed by atoms with Crippen LogP contribution >= 0.6 is 0 Å². The van der Waals surface area contributed by atoms with Gasteiger partial charge < -0.3 is 10.1 Å². The highest BCUT2D eigenvalue weighted by atomic mass is 16.5. The van der Waals surface area contributed by atoms with Crippen molar-refractivity contribution in [2.75, 3.05) is 6.61 Å². The molecular weight excluding hydrogens is 314 g/mol. The molecule has 4 heteroatoms. The summed E-state index contributed by atoms with van der Waals surface area (Å²) < 4.78 is 5.09. The first-order valence-corrected chi connectivity index (χ1v) is 8.58. The van der Waals surface area contributed by atoms with Crippen LogP contribution < -0.4 is 5.32 Å². The highest BCUT2D eigenvalue weighted by molar-refractivity contribution is 5.81. The number of ether oxygens (including phenoxy) is 1. The molecule has 0 aliphatic rings. The SMILES string of the molecule is CCc1ccc(C(C)NC(=O)COC(=O)Cc2ccccc2C)cc1. The second-order valence-corrected chi connectivity index (χ2v) is 6.15. The third-order valence-corrected chi connectivity index (χ3v) is 4.23. The smallest absolute Gasteiger partial charge is 0.310 e. The number of carbonyl (C=O) groups is 2. The minimum Gasteiger partial charge on any atom is -0.455 e. The van der Waals surface area contributed by atoms with Gasteiger partial charge in [-0.1, -0.05) is 55.5 Å². The maximum Gasteiger partial charge on any atom is 0.310 e. The molecule has 0 heterocycles. The molecule has 2 aromatic carbocycles. The van der Waals surface area contributed by atoms with Crippen molar-refractivity contribution in [2.45, 2.75) is 39.7 Å². The molecule has 132 valence electrons. The summed E-state index contributed by atoms with van der Waals surface area (Å²) in [6.45, 7) is 5.70. The Morgan fingerprint density at radius 2 is 1.76 bits per heavy atom. The normalized spacial score (nSPS) is 11.6. The first kappa shape index (κ1) is 18.7. The summed E-state index contributed by atoms with van der Waals surface area (Å²) in [5.74, 6) is -0.699. The van der Waals surface area contributed by atoms with Crippen LogP contribution in [0.4, 0.5) is 0 Å². The van der Waals surface area contributed by atoms with Crippen molar-refractivity contribution in [1.29, 1.82) is 0 Å². The van der Waals surface area contributed by atoms with Crippen LogP contribution in [0, 0.1) is 6.92 Å². The highest BCUT2D eigenvalue weighted by Crippen LogP contribution is 2.13. The molecule has 0 aliphatic carbocycles. The molecule has 0 aliphatic heterocycles. The molecule has 0 saturated heterocycles. The summed E-state index contributed by atoms with van der Waals surface area (Å²) in [5.41, 5.74) is 4.23. The number of hydrogen-bond acceptors (Lipinski definition) is 3. The molecule has 1 N–H and O–H groups in total. The monoisotopic (exact) mass is 339 g/mol. The summed E-state index contributed by atoms with van der Waals surface area (Å²) in [5, 5.41) is 2.85. The molecule has 0 spiro atoms. The zero-order valence-electron chi connectivity index (χ0n) is 15.0. The van der Waals surface area contributed by atoms with E-state index in [2.05, 4.69) is 24.4 Å². The molecule has 1 unspecified atom stereocenters. The fourth-order valence-corrected chi connectivity index (χ4v) is 2.57. The number of aryl methyl sites for hydroxylation is 2. The van der Waals surface area contributed by atoms with Crippen LogP contribution in [0.3, 0.4) is 0 Å². The van der Waals surface area contributed by atoms with Crippen LogP contribution in [0.5, 0.6) is 0 Å². The van der Waals surface area contributed by atoms with Gasteiger partial charge in [0.25, 0.3) is 5.91 Å². The van der Waals surface area contributed by atoms with Gasteiger partial charge in [-0.25, -0.2) is 0 Å². The zero-order valence-corrected chi connectivity index (χ0v) is 15.0. The Balaban J connectivity index is 1.79. The first-order valence-electron chi connectivity index (χ1n) is 8.58. The molecule has 0 bridgehead atoms. The van der Waals surface area contributed by atoms with Crippen molar-refractivity contribution >= 4 is 11.9 Å². The number of amides is 1. The van der Waals surface area contributed by atoms with E-state index in [4.69, 9.17) is 4.74 Å². The minimum atomic E-state index is -0.399. The average molecular weight is 339 g/mol. The molecule has 4 nitrogen and oxygen atoms in total. The molecular formula is C21H25NO3. The Hall–Kier alpha value is -2.62. The van der Waals surface area contributed by atoms with E-state index in [1.54, 1.807) is 0 Å². The van der Waals surface area contributed by atoms with Crippen molar-refractivity contribution in [3.8, 4) is 0 Å². The van der Waals surface area contributed by atoms with E-state index in [0.29, 0.717) is 0 Å². The topological polar surface area (TPSA) is 55.4 Å². The van der Waals surface area contributed by atoms with Gasteiger partial charge in [0.1, 0.15) is 0 Å². The van der Waals surface area contributed by atoms with Crippen molar-refractivity contribution < 1.29 is 14.3 Å². The molecule has 2 aromatic rings. The minimum absolute atomic E-state index is 0.131. The quantitative estimate of drug-likeness (QED) is 0.785.